The van der Waals surface area contributed by atoms with Gasteiger partial charge in [-0.15, -0.1) is 0 Å². The van der Waals surface area contributed by atoms with Gasteiger partial charge in [-0.2, -0.15) is 18.2 Å². The number of fused-ring (bicyclic) bond motifs is 1. The van der Waals surface area contributed by atoms with E-state index in [1.165, 1.54) is 4.90 Å². The number of aromatic nitrogens is 4. The number of hydrogen-bond donors (Lipinski definition) is 2. The van der Waals surface area contributed by atoms with Crippen molar-refractivity contribution in [2.45, 2.75) is 19.6 Å². The van der Waals surface area contributed by atoms with Crippen LogP contribution in [0.2, 0.25) is 0 Å². The van der Waals surface area contributed by atoms with Crippen LogP contribution < -0.4 is 10.2 Å². The number of halogens is 3. The van der Waals surface area contributed by atoms with Crippen LogP contribution in [0, 0.1) is 6.92 Å². The van der Waals surface area contributed by atoms with Crippen LogP contribution in [0.4, 0.5) is 24.9 Å². The molecule has 0 aliphatic heterocycles. The lowest BCUT2D eigenvalue weighted by atomic mass is 10.2. The molecule has 2 N–H and O–H groups in total. The number of aryl methyl sites for hydroxylation is 1. The van der Waals surface area contributed by atoms with Crippen molar-refractivity contribution in [1.29, 1.82) is 0 Å². The van der Waals surface area contributed by atoms with Gasteiger partial charge in [-0.1, -0.05) is 12.1 Å². The smallest absolute Gasteiger partial charge is 0.363 e. The molecule has 0 unspecified atom stereocenters. The molecule has 0 saturated heterocycles. The number of hydrogen-bond acceptors (Lipinski definition) is 5. The number of anilines is 2. The van der Waals surface area contributed by atoms with E-state index in [1.54, 1.807) is 14.1 Å². The fourth-order valence-corrected chi connectivity index (χ4v) is 2.36. The first-order valence-electron chi connectivity index (χ1n) is 7.56. The van der Waals surface area contributed by atoms with Gasteiger partial charge in [0.25, 0.3) is 0 Å². The highest BCUT2D eigenvalue weighted by Crippen LogP contribution is 2.30. The normalized spacial score (nSPS) is 11.8. The van der Waals surface area contributed by atoms with Crippen LogP contribution in [0.5, 0.6) is 0 Å². The molecule has 6 nitrogen and oxygen atoms in total. The zero-order chi connectivity index (χ0) is 18.2. The van der Waals surface area contributed by atoms with Crippen LogP contribution >= 0.6 is 0 Å². The Hall–Kier alpha value is -2.84. The highest BCUT2D eigenvalue weighted by atomic mass is 19.4. The van der Waals surface area contributed by atoms with Gasteiger partial charge in [0.15, 0.2) is 5.69 Å². The molecular formula is C16H17F3N6. The second-order valence-electron chi connectivity index (χ2n) is 5.84. The highest BCUT2D eigenvalue weighted by Gasteiger charge is 2.34. The van der Waals surface area contributed by atoms with Gasteiger partial charge in [-0.05, 0) is 18.6 Å². The minimum Gasteiger partial charge on any atom is -0.363 e. The lowest BCUT2D eigenvalue weighted by Gasteiger charge is -2.15. The number of nitrogens with zero attached hydrogens (tertiary/aromatic N) is 4. The minimum atomic E-state index is -4.54. The van der Waals surface area contributed by atoms with E-state index in [4.69, 9.17) is 0 Å². The number of benzene rings is 1. The lowest BCUT2D eigenvalue weighted by molar-refractivity contribution is -0.141. The molecule has 2 heterocycles. The van der Waals surface area contributed by atoms with Gasteiger partial charge >= 0.3 is 6.18 Å². The molecule has 0 amide bonds. The first-order valence-corrected chi connectivity index (χ1v) is 7.56. The van der Waals surface area contributed by atoms with E-state index in [0.717, 1.165) is 22.7 Å². The number of alkyl halides is 3. The van der Waals surface area contributed by atoms with Crippen LogP contribution in [0.25, 0.3) is 11.0 Å². The Kier molecular flexibility index (Phi) is 4.23. The van der Waals surface area contributed by atoms with Gasteiger partial charge in [-0.3, -0.25) is 0 Å². The standard InChI is InChI=1S/C16H17F3N6/c1-9-5-4-6-10-14(9)23-12(21-10)8-20-15-22-11(16(17,18)19)7-13(24-15)25(2)3/h4-7H,8H2,1-3H3,(H,21,23)(H,20,22,24). The Balaban J connectivity index is 1.86. The van der Waals surface area contributed by atoms with Crippen molar-refractivity contribution in [1.82, 2.24) is 19.9 Å². The Morgan fingerprint density at radius 3 is 2.56 bits per heavy atom. The summed E-state index contributed by atoms with van der Waals surface area (Å²) in [6.45, 7) is 2.13. The fraction of sp³-hybridized carbons (Fsp3) is 0.312. The van der Waals surface area contributed by atoms with Gasteiger partial charge in [0.05, 0.1) is 17.6 Å². The van der Waals surface area contributed by atoms with Crippen molar-refractivity contribution in [3.63, 3.8) is 0 Å². The molecule has 1 aromatic carbocycles. The van der Waals surface area contributed by atoms with Crippen molar-refractivity contribution < 1.29 is 13.2 Å². The summed E-state index contributed by atoms with van der Waals surface area (Å²) in [4.78, 5) is 16.7. The molecule has 0 saturated carbocycles. The molecule has 132 valence electrons. The monoisotopic (exact) mass is 350 g/mol. The Labute approximate surface area is 142 Å². The van der Waals surface area contributed by atoms with Crippen molar-refractivity contribution in [3.8, 4) is 0 Å². The molecule has 0 fully saturated rings. The molecule has 0 aliphatic carbocycles. The van der Waals surface area contributed by atoms with E-state index in [-0.39, 0.29) is 18.3 Å². The second-order valence-corrected chi connectivity index (χ2v) is 5.84. The first kappa shape index (κ1) is 17.0. The molecular weight excluding hydrogens is 333 g/mol. The van der Waals surface area contributed by atoms with Crippen LogP contribution in [-0.2, 0) is 12.7 Å². The molecule has 2 aromatic heterocycles. The maximum atomic E-state index is 13.0. The van der Waals surface area contributed by atoms with E-state index in [2.05, 4.69) is 25.3 Å². The van der Waals surface area contributed by atoms with Gasteiger partial charge < -0.3 is 15.2 Å². The van der Waals surface area contributed by atoms with Crippen molar-refractivity contribution in [3.05, 3.63) is 41.3 Å². The fourth-order valence-electron chi connectivity index (χ4n) is 2.36. The molecule has 0 spiro atoms. The van der Waals surface area contributed by atoms with E-state index >= 15 is 0 Å². The minimum absolute atomic E-state index is 0.101. The molecule has 0 atom stereocenters. The molecule has 3 rings (SSSR count). The van der Waals surface area contributed by atoms with Crippen LogP contribution in [0.3, 0.4) is 0 Å². The molecule has 3 aromatic rings. The van der Waals surface area contributed by atoms with Gasteiger partial charge in [-0.25, -0.2) is 9.97 Å². The molecule has 9 heteroatoms. The molecule has 0 radical (unpaired) electrons. The molecule has 25 heavy (non-hydrogen) atoms. The quantitative estimate of drug-likeness (QED) is 0.755. The van der Waals surface area contributed by atoms with Crippen molar-refractivity contribution >= 4 is 22.8 Å². The zero-order valence-corrected chi connectivity index (χ0v) is 13.9. The summed E-state index contributed by atoms with van der Waals surface area (Å²) in [7, 11) is 3.24. The molecule has 0 aliphatic rings. The predicted molar refractivity (Wildman–Crippen MR) is 89.5 cm³/mol. The van der Waals surface area contributed by atoms with Crippen molar-refractivity contribution in [2.75, 3.05) is 24.3 Å². The van der Waals surface area contributed by atoms with Crippen molar-refractivity contribution in [2.24, 2.45) is 0 Å². The van der Waals surface area contributed by atoms with Crippen LogP contribution in [0.15, 0.2) is 24.3 Å². The number of H-pyrrole nitrogens is 1. The van der Waals surface area contributed by atoms with E-state index in [9.17, 15) is 13.2 Å². The summed E-state index contributed by atoms with van der Waals surface area (Å²) in [5.41, 5.74) is 1.73. The SMILES string of the molecule is Cc1cccc2[nH]c(CNc3nc(N(C)C)cc(C(F)(F)F)n3)nc12. The molecule has 0 bridgehead atoms. The first-order chi connectivity index (χ1) is 11.7. The summed E-state index contributed by atoms with van der Waals surface area (Å²) in [6, 6.07) is 6.66. The van der Waals surface area contributed by atoms with Gasteiger partial charge in [0, 0.05) is 20.2 Å². The number of para-hydroxylation sites is 1. The summed E-state index contributed by atoms with van der Waals surface area (Å²) < 4.78 is 39.0. The third-order valence-electron chi connectivity index (χ3n) is 3.64. The van der Waals surface area contributed by atoms with Gasteiger partial charge in [0.1, 0.15) is 11.6 Å². The van der Waals surface area contributed by atoms with E-state index in [1.807, 2.05) is 25.1 Å². The average Bonchev–Trinajstić information content (AvgIpc) is 2.96. The highest BCUT2D eigenvalue weighted by molar-refractivity contribution is 5.78. The summed E-state index contributed by atoms with van der Waals surface area (Å²) in [5.74, 6) is 0.665. The summed E-state index contributed by atoms with van der Waals surface area (Å²) in [6.07, 6.45) is -4.54. The van der Waals surface area contributed by atoms with Crippen LogP contribution in [0.1, 0.15) is 17.1 Å². The average molecular weight is 350 g/mol. The largest absolute Gasteiger partial charge is 0.433 e. The lowest BCUT2D eigenvalue weighted by Crippen LogP contribution is -2.17. The predicted octanol–water partition coefficient (Wildman–Crippen LogP) is 3.36. The van der Waals surface area contributed by atoms with Gasteiger partial charge in [0.2, 0.25) is 5.95 Å². The summed E-state index contributed by atoms with van der Waals surface area (Å²) >= 11 is 0. The third-order valence-corrected chi connectivity index (χ3v) is 3.64. The Bertz CT molecular complexity index is 901. The number of nitrogens with one attached hydrogen (secondary N) is 2. The summed E-state index contributed by atoms with van der Waals surface area (Å²) in [5, 5.41) is 2.81. The van der Waals surface area contributed by atoms with E-state index < -0.39 is 11.9 Å². The Morgan fingerprint density at radius 2 is 1.92 bits per heavy atom. The maximum absolute atomic E-state index is 13.0. The third kappa shape index (κ3) is 3.65. The zero-order valence-electron chi connectivity index (χ0n) is 13.9. The van der Waals surface area contributed by atoms with Crippen LogP contribution in [-0.4, -0.2) is 34.0 Å². The Morgan fingerprint density at radius 1 is 1.16 bits per heavy atom. The second kappa shape index (κ2) is 6.23. The maximum Gasteiger partial charge on any atom is 0.433 e. The number of aromatic amines is 1. The number of rotatable bonds is 4. The topological polar surface area (TPSA) is 69.7 Å². The number of imidazole rings is 1. The van der Waals surface area contributed by atoms with E-state index in [0.29, 0.717) is 5.82 Å².